The Balaban J connectivity index is 2.33. The number of halogens is 1. The van der Waals surface area contributed by atoms with Crippen LogP contribution >= 0.6 is 0 Å². The third-order valence-electron chi connectivity index (χ3n) is 3.55. The van der Waals surface area contributed by atoms with E-state index in [0.717, 1.165) is 12.0 Å². The number of aryl methyl sites for hydroxylation is 1. The predicted molar refractivity (Wildman–Crippen MR) is 74.6 cm³/mol. The Labute approximate surface area is 113 Å². The summed E-state index contributed by atoms with van der Waals surface area (Å²) in [5.41, 5.74) is 2.35. The van der Waals surface area contributed by atoms with Crippen molar-refractivity contribution in [3.63, 3.8) is 0 Å². The molecule has 1 aromatic rings. The molecular weight excluding hydrogens is 243 g/mol. The van der Waals surface area contributed by atoms with Crippen LogP contribution in [0.5, 0.6) is 0 Å². The molecule has 104 valence electrons. The van der Waals surface area contributed by atoms with E-state index in [2.05, 4.69) is 24.5 Å². The van der Waals surface area contributed by atoms with Gasteiger partial charge in [-0.1, -0.05) is 13.8 Å². The molecule has 19 heavy (non-hydrogen) atoms. The second-order valence-electron chi connectivity index (χ2n) is 5.55. The largest absolute Gasteiger partial charge is 0.326 e. The normalized spacial score (nSPS) is 16.2. The average molecular weight is 264 g/mol. The number of amides is 1. The summed E-state index contributed by atoms with van der Waals surface area (Å²) in [5, 5.41) is 5.91. The van der Waals surface area contributed by atoms with Crippen LogP contribution in [-0.2, 0) is 11.2 Å². The molecule has 1 aliphatic heterocycles. The molecule has 2 rings (SSSR count). The molecule has 1 heterocycles. The quantitative estimate of drug-likeness (QED) is 0.877. The minimum Gasteiger partial charge on any atom is -0.326 e. The highest BCUT2D eigenvalue weighted by Gasteiger charge is 2.21. The number of carbonyl (C=O) groups excluding carboxylic acids is 1. The van der Waals surface area contributed by atoms with E-state index in [1.807, 2.05) is 13.1 Å². The fourth-order valence-corrected chi connectivity index (χ4v) is 2.56. The van der Waals surface area contributed by atoms with E-state index in [9.17, 15) is 9.18 Å². The molecule has 0 fully saturated rings. The van der Waals surface area contributed by atoms with Gasteiger partial charge in [-0.05, 0) is 43.5 Å². The number of fused-ring (bicyclic) bond motifs is 1. The summed E-state index contributed by atoms with van der Waals surface area (Å²) in [7, 11) is 1.85. The van der Waals surface area contributed by atoms with Crippen molar-refractivity contribution < 1.29 is 9.18 Å². The second-order valence-corrected chi connectivity index (χ2v) is 5.55. The molecule has 2 N–H and O–H groups in total. The number of anilines is 1. The Morgan fingerprint density at radius 1 is 1.37 bits per heavy atom. The molecular formula is C15H21FN2O. The van der Waals surface area contributed by atoms with Gasteiger partial charge < -0.3 is 10.6 Å². The highest BCUT2D eigenvalue weighted by atomic mass is 19.1. The topological polar surface area (TPSA) is 41.1 Å². The van der Waals surface area contributed by atoms with Crippen molar-refractivity contribution in [2.24, 2.45) is 5.92 Å². The Bertz CT molecular complexity index is 485. The van der Waals surface area contributed by atoms with Crippen LogP contribution in [0.1, 0.15) is 43.9 Å². The van der Waals surface area contributed by atoms with Gasteiger partial charge in [0.05, 0.1) is 0 Å². The number of nitrogens with one attached hydrogen (secondary N) is 2. The average Bonchev–Trinajstić information content (AvgIpc) is 2.35. The molecule has 1 atom stereocenters. The minimum atomic E-state index is -0.249. The Morgan fingerprint density at radius 3 is 2.74 bits per heavy atom. The molecule has 0 saturated heterocycles. The van der Waals surface area contributed by atoms with Crippen molar-refractivity contribution in [3.8, 4) is 0 Å². The maximum Gasteiger partial charge on any atom is 0.224 e. The summed E-state index contributed by atoms with van der Waals surface area (Å²) in [6, 6.07) is 3.36. The zero-order valence-electron chi connectivity index (χ0n) is 11.7. The summed E-state index contributed by atoms with van der Waals surface area (Å²) in [6.07, 6.45) is 2.05. The first-order valence-electron chi connectivity index (χ1n) is 6.80. The standard InChI is InChI=1S/C15H21FN2O/c1-9(2)6-14(17-3)11-7-10-4-5-15(19)18-13(10)8-12(11)16/h7-9,14,17H,4-6H2,1-3H3,(H,18,19). The van der Waals surface area contributed by atoms with E-state index < -0.39 is 0 Å². The lowest BCUT2D eigenvalue weighted by Crippen LogP contribution is -2.23. The van der Waals surface area contributed by atoms with Crippen LogP contribution in [0.4, 0.5) is 10.1 Å². The third kappa shape index (κ3) is 3.13. The van der Waals surface area contributed by atoms with Crippen molar-refractivity contribution in [2.75, 3.05) is 12.4 Å². The fourth-order valence-electron chi connectivity index (χ4n) is 2.56. The molecule has 3 nitrogen and oxygen atoms in total. The van der Waals surface area contributed by atoms with E-state index in [-0.39, 0.29) is 17.8 Å². The van der Waals surface area contributed by atoms with Crippen molar-refractivity contribution >= 4 is 11.6 Å². The first-order chi connectivity index (χ1) is 9.01. The van der Waals surface area contributed by atoms with Crippen LogP contribution in [0.2, 0.25) is 0 Å². The van der Waals surface area contributed by atoms with Crippen LogP contribution in [-0.4, -0.2) is 13.0 Å². The number of benzene rings is 1. The Kier molecular flexibility index (Phi) is 4.20. The molecule has 0 bridgehead atoms. The van der Waals surface area contributed by atoms with Gasteiger partial charge in [-0.15, -0.1) is 0 Å². The Hall–Kier alpha value is -1.42. The lowest BCUT2D eigenvalue weighted by atomic mass is 9.92. The van der Waals surface area contributed by atoms with Gasteiger partial charge in [0.15, 0.2) is 0 Å². The van der Waals surface area contributed by atoms with E-state index in [4.69, 9.17) is 0 Å². The smallest absolute Gasteiger partial charge is 0.224 e. The van der Waals surface area contributed by atoms with Gasteiger partial charge in [0.1, 0.15) is 5.82 Å². The van der Waals surface area contributed by atoms with Crippen LogP contribution in [0.25, 0.3) is 0 Å². The van der Waals surface area contributed by atoms with Crippen molar-refractivity contribution in [1.29, 1.82) is 0 Å². The van der Waals surface area contributed by atoms with E-state index in [0.29, 0.717) is 30.0 Å². The highest BCUT2D eigenvalue weighted by Crippen LogP contribution is 2.31. The van der Waals surface area contributed by atoms with Crippen LogP contribution in [0.15, 0.2) is 12.1 Å². The van der Waals surface area contributed by atoms with Crippen LogP contribution < -0.4 is 10.6 Å². The molecule has 0 aliphatic carbocycles. The summed E-state index contributed by atoms with van der Waals surface area (Å²) in [4.78, 5) is 11.3. The molecule has 1 amide bonds. The summed E-state index contributed by atoms with van der Waals surface area (Å²) < 4.78 is 14.2. The molecule has 0 aromatic heterocycles. The van der Waals surface area contributed by atoms with Gasteiger partial charge in [-0.3, -0.25) is 4.79 Å². The highest BCUT2D eigenvalue weighted by molar-refractivity contribution is 5.93. The molecule has 0 spiro atoms. The van der Waals surface area contributed by atoms with Crippen molar-refractivity contribution in [1.82, 2.24) is 5.32 Å². The third-order valence-corrected chi connectivity index (χ3v) is 3.55. The summed E-state index contributed by atoms with van der Waals surface area (Å²) in [5.74, 6) is 0.209. The molecule has 1 unspecified atom stereocenters. The number of hydrogen-bond donors (Lipinski definition) is 2. The second kappa shape index (κ2) is 5.70. The molecule has 0 radical (unpaired) electrons. The maximum atomic E-state index is 14.2. The van der Waals surface area contributed by atoms with Crippen molar-refractivity contribution in [3.05, 3.63) is 29.1 Å². The zero-order valence-corrected chi connectivity index (χ0v) is 11.7. The van der Waals surface area contributed by atoms with Crippen LogP contribution in [0.3, 0.4) is 0 Å². The SMILES string of the molecule is CNC(CC(C)C)c1cc2c(cc1F)NC(=O)CC2. The number of rotatable bonds is 4. The van der Waals surface area contributed by atoms with Gasteiger partial charge in [-0.25, -0.2) is 4.39 Å². The molecule has 1 aliphatic rings. The van der Waals surface area contributed by atoms with Gasteiger partial charge in [0.25, 0.3) is 0 Å². The molecule has 0 saturated carbocycles. The number of carbonyl (C=O) groups is 1. The first-order valence-corrected chi connectivity index (χ1v) is 6.80. The lowest BCUT2D eigenvalue weighted by molar-refractivity contribution is -0.116. The summed E-state index contributed by atoms with van der Waals surface area (Å²) in [6.45, 7) is 4.25. The van der Waals surface area contributed by atoms with E-state index >= 15 is 0 Å². The number of hydrogen-bond acceptors (Lipinski definition) is 2. The zero-order chi connectivity index (χ0) is 14.0. The van der Waals surface area contributed by atoms with Gasteiger partial charge in [0, 0.05) is 23.7 Å². The predicted octanol–water partition coefficient (Wildman–Crippen LogP) is 3.02. The van der Waals surface area contributed by atoms with Gasteiger partial charge in [-0.2, -0.15) is 0 Å². The summed E-state index contributed by atoms with van der Waals surface area (Å²) >= 11 is 0. The monoisotopic (exact) mass is 264 g/mol. The molecule has 4 heteroatoms. The fraction of sp³-hybridized carbons (Fsp3) is 0.533. The van der Waals surface area contributed by atoms with E-state index in [1.165, 1.54) is 6.07 Å². The van der Waals surface area contributed by atoms with Gasteiger partial charge >= 0.3 is 0 Å². The van der Waals surface area contributed by atoms with Crippen LogP contribution in [0, 0.1) is 11.7 Å². The minimum absolute atomic E-state index is 0.0166. The Morgan fingerprint density at radius 2 is 2.11 bits per heavy atom. The van der Waals surface area contributed by atoms with E-state index in [1.54, 1.807) is 0 Å². The molecule has 1 aromatic carbocycles. The lowest BCUT2D eigenvalue weighted by Gasteiger charge is -2.23. The van der Waals surface area contributed by atoms with Gasteiger partial charge in [0.2, 0.25) is 5.91 Å². The first kappa shape index (κ1) is 14.0. The van der Waals surface area contributed by atoms with Crippen molar-refractivity contribution in [2.45, 2.75) is 39.2 Å². The maximum absolute atomic E-state index is 14.2.